The summed E-state index contributed by atoms with van der Waals surface area (Å²) in [5.74, 6) is 0. The molecule has 0 amide bonds. The molecule has 0 heterocycles. The Labute approximate surface area is 105 Å². The van der Waals surface area contributed by atoms with Crippen molar-refractivity contribution in [2.45, 2.75) is 19.3 Å². The molecule has 0 radical (unpaired) electrons. The highest BCUT2D eigenvalue weighted by Gasteiger charge is 2.20. The van der Waals surface area contributed by atoms with Gasteiger partial charge in [-0.1, -0.05) is 54.0 Å². The quantitative estimate of drug-likeness (QED) is 0.887. The summed E-state index contributed by atoms with van der Waals surface area (Å²) in [7, 11) is 0. The minimum atomic E-state index is 0.0142. The van der Waals surface area contributed by atoms with Gasteiger partial charge in [0.2, 0.25) is 0 Å². The summed E-state index contributed by atoms with van der Waals surface area (Å²) >= 11 is 3.52. The summed E-state index contributed by atoms with van der Waals surface area (Å²) in [6.45, 7) is 5.02. The van der Waals surface area contributed by atoms with Crippen LogP contribution < -0.4 is 5.73 Å². The summed E-state index contributed by atoms with van der Waals surface area (Å²) < 4.78 is 1.11. The van der Waals surface area contributed by atoms with Crippen LogP contribution in [0.1, 0.15) is 19.4 Å². The maximum atomic E-state index is 5.86. The Hall–Kier alpha value is -0.860. The second-order valence-corrected chi connectivity index (χ2v) is 5.67. The topological polar surface area (TPSA) is 26.0 Å². The molecule has 84 valence electrons. The normalized spacial score (nSPS) is 12.0. The summed E-state index contributed by atoms with van der Waals surface area (Å²) in [4.78, 5) is 0. The molecule has 0 bridgehead atoms. The van der Waals surface area contributed by atoms with Gasteiger partial charge in [0, 0.05) is 16.4 Å². The zero-order chi connectivity index (χ0) is 11.8. The minimum absolute atomic E-state index is 0.0142. The number of fused-ring (bicyclic) bond motifs is 1. The third kappa shape index (κ3) is 2.00. The molecule has 2 heteroatoms. The lowest BCUT2D eigenvalue weighted by molar-refractivity contribution is 0.544. The third-order valence-corrected chi connectivity index (χ3v) is 3.58. The summed E-state index contributed by atoms with van der Waals surface area (Å²) in [5.41, 5.74) is 7.18. The molecular formula is C14H16BrN. The van der Waals surface area contributed by atoms with Gasteiger partial charge in [-0.3, -0.25) is 0 Å². The molecule has 0 saturated carbocycles. The van der Waals surface area contributed by atoms with Crippen LogP contribution in [0.25, 0.3) is 10.8 Å². The standard InChI is InChI=1S/C14H16BrN/c1-14(2,9-16)13-5-3-4-10-6-7-11(15)8-12(10)13/h3-8H,9,16H2,1-2H3. The SMILES string of the molecule is CC(C)(CN)c1cccc2ccc(Br)cc12. The van der Waals surface area contributed by atoms with Crippen LogP contribution in [-0.2, 0) is 5.41 Å². The Balaban J connectivity index is 2.74. The van der Waals surface area contributed by atoms with Crippen molar-refractivity contribution in [2.75, 3.05) is 6.54 Å². The van der Waals surface area contributed by atoms with Gasteiger partial charge in [-0.05, 0) is 28.5 Å². The van der Waals surface area contributed by atoms with Crippen molar-refractivity contribution < 1.29 is 0 Å². The first-order valence-electron chi connectivity index (χ1n) is 5.43. The molecule has 0 aliphatic carbocycles. The molecule has 0 unspecified atom stereocenters. The Morgan fingerprint density at radius 1 is 1.19 bits per heavy atom. The fourth-order valence-corrected chi connectivity index (χ4v) is 2.31. The minimum Gasteiger partial charge on any atom is -0.330 e. The number of benzene rings is 2. The second-order valence-electron chi connectivity index (χ2n) is 4.76. The largest absolute Gasteiger partial charge is 0.330 e. The third-order valence-electron chi connectivity index (χ3n) is 3.08. The predicted molar refractivity (Wildman–Crippen MR) is 73.7 cm³/mol. The van der Waals surface area contributed by atoms with Crippen LogP contribution in [0.2, 0.25) is 0 Å². The average Bonchev–Trinajstić information content (AvgIpc) is 2.28. The molecule has 0 atom stereocenters. The molecule has 16 heavy (non-hydrogen) atoms. The van der Waals surface area contributed by atoms with E-state index in [1.165, 1.54) is 16.3 Å². The van der Waals surface area contributed by atoms with Gasteiger partial charge in [-0.2, -0.15) is 0 Å². The van der Waals surface area contributed by atoms with E-state index in [1.54, 1.807) is 0 Å². The van der Waals surface area contributed by atoms with Crippen LogP contribution in [0, 0.1) is 0 Å². The van der Waals surface area contributed by atoms with Gasteiger partial charge in [0.15, 0.2) is 0 Å². The highest BCUT2D eigenvalue weighted by atomic mass is 79.9. The highest BCUT2D eigenvalue weighted by Crippen LogP contribution is 2.31. The number of nitrogens with two attached hydrogens (primary N) is 1. The molecule has 1 nitrogen and oxygen atoms in total. The van der Waals surface area contributed by atoms with Crippen molar-refractivity contribution in [3.8, 4) is 0 Å². The van der Waals surface area contributed by atoms with Crippen LogP contribution in [-0.4, -0.2) is 6.54 Å². The molecule has 0 aromatic heterocycles. The van der Waals surface area contributed by atoms with E-state index in [1.807, 2.05) is 0 Å². The van der Waals surface area contributed by atoms with Gasteiger partial charge >= 0.3 is 0 Å². The smallest absolute Gasteiger partial charge is 0.0181 e. The lowest BCUT2D eigenvalue weighted by Crippen LogP contribution is -2.28. The van der Waals surface area contributed by atoms with Crippen LogP contribution >= 0.6 is 15.9 Å². The van der Waals surface area contributed by atoms with Gasteiger partial charge in [0.05, 0.1) is 0 Å². The molecule has 0 aliphatic heterocycles. The first kappa shape index (κ1) is 11.6. The molecule has 0 aliphatic rings. The molecule has 2 N–H and O–H groups in total. The van der Waals surface area contributed by atoms with E-state index in [0.717, 1.165) is 4.47 Å². The zero-order valence-electron chi connectivity index (χ0n) is 9.63. The zero-order valence-corrected chi connectivity index (χ0v) is 11.2. The van der Waals surface area contributed by atoms with Crippen LogP contribution in [0.5, 0.6) is 0 Å². The van der Waals surface area contributed by atoms with E-state index < -0.39 is 0 Å². The van der Waals surface area contributed by atoms with E-state index in [2.05, 4.69) is 66.2 Å². The molecule has 0 spiro atoms. The van der Waals surface area contributed by atoms with Crippen molar-refractivity contribution in [3.05, 3.63) is 46.4 Å². The second kappa shape index (κ2) is 4.19. The van der Waals surface area contributed by atoms with E-state index in [-0.39, 0.29) is 5.41 Å². The predicted octanol–water partition coefficient (Wildman–Crippen LogP) is 3.84. The van der Waals surface area contributed by atoms with Crippen molar-refractivity contribution >= 4 is 26.7 Å². The first-order valence-corrected chi connectivity index (χ1v) is 6.23. The van der Waals surface area contributed by atoms with E-state index >= 15 is 0 Å². The van der Waals surface area contributed by atoms with Gasteiger partial charge in [0.1, 0.15) is 0 Å². The Bertz CT molecular complexity index is 517. The van der Waals surface area contributed by atoms with Crippen molar-refractivity contribution in [1.82, 2.24) is 0 Å². The van der Waals surface area contributed by atoms with E-state index in [9.17, 15) is 0 Å². The first-order chi connectivity index (χ1) is 7.54. The average molecular weight is 278 g/mol. The Kier molecular flexibility index (Phi) is 3.04. The molecule has 0 fully saturated rings. The molecule has 2 aromatic carbocycles. The number of rotatable bonds is 2. The van der Waals surface area contributed by atoms with Crippen LogP contribution in [0.4, 0.5) is 0 Å². The summed E-state index contributed by atoms with van der Waals surface area (Å²) in [6, 6.07) is 12.8. The number of halogens is 1. The van der Waals surface area contributed by atoms with Crippen LogP contribution in [0.3, 0.4) is 0 Å². The van der Waals surface area contributed by atoms with Gasteiger partial charge in [-0.25, -0.2) is 0 Å². The maximum absolute atomic E-state index is 5.86. The van der Waals surface area contributed by atoms with Gasteiger partial charge in [-0.15, -0.1) is 0 Å². The molecule has 2 aromatic rings. The van der Waals surface area contributed by atoms with Gasteiger partial charge in [0.25, 0.3) is 0 Å². The summed E-state index contributed by atoms with van der Waals surface area (Å²) in [5, 5.41) is 2.55. The van der Waals surface area contributed by atoms with Crippen molar-refractivity contribution in [3.63, 3.8) is 0 Å². The fraction of sp³-hybridized carbons (Fsp3) is 0.286. The van der Waals surface area contributed by atoms with E-state index in [0.29, 0.717) is 6.54 Å². The fourth-order valence-electron chi connectivity index (χ4n) is 1.94. The monoisotopic (exact) mass is 277 g/mol. The maximum Gasteiger partial charge on any atom is 0.0181 e. The van der Waals surface area contributed by atoms with E-state index in [4.69, 9.17) is 5.73 Å². The Morgan fingerprint density at radius 2 is 1.94 bits per heavy atom. The molecule has 2 rings (SSSR count). The summed E-state index contributed by atoms with van der Waals surface area (Å²) in [6.07, 6.45) is 0. The molecule has 0 saturated heterocycles. The number of hydrogen-bond donors (Lipinski definition) is 1. The lowest BCUT2D eigenvalue weighted by atomic mass is 9.82. The van der Waals surface area contributed by atoms with Crippen LogP contribution in [0.15, 0.2) is 40.9 Å². The van der Waals surface area contributed by atoms with Crippen molar-refractivity contribution in [2.24, 2.45) is 5.73 Å². The van der Waals surface area contributed by atoms with Gasteiger partial charge < -0.3 is 5.73 Å². The lowest BCUT2D eigenvalue weighted by Gasteiger charge is -2.25. The molecular weight excluding hydrogens is 262 g/mol. The number of hydrogen-bond acceptors (Lipinski definition) is 1. The Morgan fingerprint density at radius 3 is 2.62 bits per heavy atom. The highest BCUT2D eigenvalue weighted by molar-refractivity contribution is 9.10. The van der Waals surface area contributed by atoms with Crippen molar-refractivity contribution in [1.29, 1.82) is 0 Å².